The van der Waals surface area contributed by atoms with Crippen LogP contribution >= 0.6 is 39.1 Å². The first-order chi connectivity index (χ1) is 13.2. The van der Waals surface area contributed by atoms with Gasteiger partial charge < -0.3 is 16.0 Å². The lowest BCUT2D eigenvalue weighted by Crippen LogP contribution is -2.25. The van der Waals surface area contributed by atoms with Gasteiger partial charge in [-0.2, -0.15) is 0 Å². The summed E-state index contributed by atoms with van der Waals surface area (Å²) in [5, 5.41) is 15.4. The first-order valence-corrected chi connectivity index (χ1v) is 9.44. The van der Waals surface area contributed by atoms with E-state index < -0.39 is 5.91 Å². The molecule has 0 unspecified atom stereocenters. The Morgan fingerprint density at radius 1 is 1.29 bits per heavy atom. The number of rotatable bonds is 6. The molecule has 2 aromatic rings. The summed E-state index contributed by atoms with van der Waals surface area (Å²) < 4.78 is 0.693. The van der Waals surface area contributed by atoms with Gasteiger partial charge in [-0.25, -0.2) is 4.98 Å². The van der Waals surface area contributed by atoms with Crippen LogP contribution in [0.5, 0.6) is 0 Å². The maximum absolute atomic E-state index is 12.9. The number of carbonyl (C=O) groups excluding carboxylic acids is 2. The molecular weight excluding hydrogens is 469 g/mol. The summed E-state index contributed by atoms with van der Waals surface area (Å²) in [6, 6.07) is 6.60. The Balaban J connectivity index is 2.41. The maximum atomic E-state index is 12.9. The van der Waals surface area contributed by atoms with Crippen LogP contribution in [0.1, 0.15) is 15.9 Å². The summed E-state index contributed by atoms with van der Waals surface area (Å²) >= 11 is 15.1. The largest absolute Gasteiger partial charge is 0.355 e. The molecule has 0 aliphatic rings. The molecule has 4 N–H and O–H groups in total. The molecule has 0 radical (unpaired) electrons. The third kappa shape index (κ3) is 5.54. The van der Waals surface area contributed by atoms with E-state index in [0.29, 0.717) is 15.7 Å². The quantitative estimate of drug-likeness (QED) is 0.361. The van der Waals surface area contributed by atoms with Gasteiger partial charge in [0.25, 0.3) is 11.8 Å². The van der Waals surface area contributed by atoms with Crippen molar-refractivity contribution in [1.29, 1.82) is 5.41 Å². The molecule has 0 aliphatic carbocycles. The van der Waals surface area contributed by atoms with Crippen LogP contribution in [-0.2, 0) is 4.79 Å². The van der Waals surface area contributed by atoms with Crippen molar-refractivity contribution in [2.24, 2.45) is 0 Å². The average molecular weight is 485 g/mol. The fraction of sp³-hybridized carbons (Fsp3) is 0.111. The minimum atomic E-state index is -0.623. The van der Waals surface area contributed by atoms with Gasteiger partial charge in [0.05, 0.1) is 16.3 Å². The number of nitrogens with one attached hydrogen (secondary N) is 4. The number of nitrogens with zero attached hydrogens (tertiary/aromatic N) is 1. The van der Waals surface area contributed by atoms with Gasteiger partial charge in [0.1, 0.15) is 16.7 Å². The van der Waals surface area contributed by atoms with E-state index in [1.807, 2.05) is 0 Å². The molecular formula is C18H16BrCl2N5O2. The predicted octanol–water partition coefficient (Wildman–Crippen LogP) is 4.32. The number of benzene rings is 1. The Labute approximate surface area is 180 Å². The van der Waals surface area contributed by atoms with Crippen LogP contribution in [0.15, 0.2) is 46.7 Å². The topological polar surface area (TPSA) is 107 Å². The molecule has 0 bridgehead atoms. The summed E-state index contributed by atoms with van der Waals surface area (Å²) in [5.41, 5.74) is 1.20. The molecule has 7 nitrogen and oxygen atoms in total. The van der Waals surface area contributed by atoms with Crippen LogP contribution in [0.25, 0.3) is 0 Å². The monoisotopic (exact) mass is 483 g/mol. The highest BCUT2D eigenvalue weighted by Gasteiger charge is 2.19. The number of aryl methyl sites for hydroxylation is 1. The van der Waals surface area contributed by atoms with Crippen molar-refractivity contribution < 1.29 is 9.59 Å². The van der Waals surface area contributed by atoms with Crippen molar-refractivity contribution >= 4 is 67.6 Å². The number of carbonyl (C=O) groups is 2. The first-order valence-electron chi connectivity index (χ1n) is 7.89. The lowest BCUT2D eigenvalue weighted by atomic mass is 10.1. The van der Waals surface area contributed by atoms with Gasteiger partial charge in [0, 0.05) is 23.8 Å². The van der Waals surface area contributed by atoms with Gasteiger partial charge in [-0.05, 0) is 36.8 Å². The fourth-order valence-electron chi connectivity index (χ4n) is 2.29. The van der Waals surface area contributed by atoms with Crippen molar-refractivity contribution in [3.63, 3.8) is 0 Å². The molecule has 0 fully saturated rings. The van der Waals surface area contributed by atoms with Gasteiger partial charge in [-0.3, -0.25) is 15.0 Å². The van der Waals surface area contributed by atoms with Crippen LogP contribution in [0, 0.1) is 12.3 Å². The Hall–Kier alpha value is -2.42. The van der Waals surface area contributed by atoms with E-state index in [-0.39, 0.29) is 33.2 Å². The second kappa shape index (κ2) is 9.68. The molecule has 10 heteroatoms. The van der Waals surface area contributed by atoms with Crippen LogP contribution in [0.2, 0.25) is 5.02 Å². The van der Waals surface area contributed by atoms with Crippen LogP contribution in [0.3, 0.4) is 0 Å². The highest BCUT2D eigenvalue weighted by Crippen LogP contribution is 2.27. The van der Waals surface area contributed by atoms with E-state index in [1.165, 1.54) is 13.2 Å². The number of amides is 2. The van der Waals surface area contributed by atoms with Gasteiger partial charge in [-0.1, -0.05) is 39.1 Å². The highest BCUT2D eigenvalue weighted by molar-refractivity contribution is 9.10. The molecule has 1 heterocycles. The molecule has 0 spiro atoms. The molecule has 2 rings (SSSR count). The highest BCUT2D eigenvalue weighted by atomic mass is 79.9. The first kappa shape index (κ1) is 21.9. The average Bonchev–Trinajstić information content (AvgIpc) is 2.63. The zero-order valence-electron chi connectivity index (χ0n) is 14.9. The van der Waals surface area contributed by atoms with Gasteiger partial charge >= 0.3 is 0 Å². The normalized spacial score (nSPS) is 11.0. The van der Waals surface area contributed by atoms with Crippen molar-refractivity contribution in [3.8, 4) is 0 Å². The van der Waals surface area contributed by atoms with E-state index in [9.17, 15) is 9.59 Å². The molecule has 0 saturated heterocycles. The lowest BCUT2D eigenvalue weighted by Gasteiger charge is -2.16. The van der Waals surface area contributed by atoms with Crippen molar-refractivity contribution in [1.82, 2.24) is 10.3 Å². The minimum Gasteiger partial charge on any atom is -0.355 e. The van der Waals surface area contributed by atoms with E-state index in [0.717, 1.165) is 6.08 Å². The van der Waals surface area contributed by atoms with Gasteiger partial charge in [-0.15, -0.1) is 0 Å². The zero-order valence-corrected chi connectivity index (χ0v) is 18.0. The van der Waals surface area contributed by atoms with E-state index in [4.69, 9.17) is 28.6 Å². The van der Waals surface area contributed by atoms with E-state index in [1.54, 1.807) is 31.2 Å². The smallest absolute Gasteiger partial charge is 0.272 e. The molecule has 0 atom stereocenters. The third-order valence-corrected chi connectivity index (χ3v) is 4.41. The van der Waals surface area contributed by atoms with E-state index in [2.05, 4.69) is 36.9 Å². The molecule has 146 valence electrons. The maximum Gasteiger partial charge on any atom is 0.272 e. The third-order valence-electron chi connectivity index (χ3n) is 3.54. The molecule has 1 aromatic carbocycles. The van der Waals surface area contributed by atoms with Crippen LogP contribution in [0.4, 0.5) is 11.5 Å². The number of anilines is 2. The standard InChI is InChI=1S/C18H16BrCl2N5O2/c1-9-6-10(19)7-11(17(27)23-2)15(9)26-18(28)13(8-14(21)22)25-16-12(20)4-3-5-24-16/h3-8,22H,1-2H3,(H,23,27)(H,24,25)(H,26,28)/b13-8-,22-14?. The lowest BCUT2D eigenvalue weighted by molar-refractivity contribution is -0.112. The van der Waals surface area contributed by atoms with Crippen LogP contribution in [-0.4, -0.2) is 29.0 Å². The van der Waals surface area contributed by atoms with E-state index >= 15 is 0 Å². The number of pyridine rings is 1. The number of hydrogen-bond donors (Lipinski definition) is 4. The number of halogens is 3. The summed E-state index contributed by atoms with van der Waals surface area (Å²) in [6.07, 6.45) is 2.62. The second-order valence-corrected chi connectivity index (χ2v) is 7.27. The Bertz CT molecular complexity index is 978. The van der Waals surface area contributed by atoms with Gasteiger partial charge in [0.2, 0.25) is 0 Å². The Kier molecular flexibility index (Phi) is 7.56. The molecule has 2 amide bonds. The summed E-state index contributed by atoms with van der Waals surface area (Å²) in [7, 11) is 1.49. The van der Waals surface area contributed by atoms with Crippen LogP contribution < -0.4 is 16.0 Å². The SMILES string of the molecule is CNC(=O)c1cc(Br)cc(C)c1NC(=O)/C(=C/C(=N)Cl)Nc1ncccc1Cl. The summed E-state index contributed by atoms with van der Waals surface area (Å²) in [4.78, 5) is 29.1. The van der Waals surface area contributed by atoms with Crippen molar-refractivity contribution in [2.75, 3.05) is 17.7 Å². The Morgan fingerprint density at radius 2 is 2.00 bits per heavy atom. The Morgan fingerprint density at radius 3 is 2.61 bits per heavy atom. The number of allylic oxidation sites excluding steroid dienone is 1. The molecule has 1 aromatic heterocycles. The number of hydrogen-bond acceptors (Lipinski definition) is 5. The second-order valence-electron chi connectivity index (χ2n) is 5.54. The fourth-order valence-corrected chi connectivity index (χ4v) is 3.14. The molecule has 0 saturated carbocycles. The zero-order chi connectivity index (χ0) is 20.8. The van der Waals surface area contributed by atoms with Crippen molar-refractivity contribution in [3.05, 3.63) is 62.9 Å². The minimum absolute atomic E-state index is 0.0641. The van der Waals surface area contributed by atoms with Gasteiger partial charge in [0.15, 0.2) is 0 Å². The number of aromatic nitrogens is 1. The summed E-state index contributed by atoms with van der Waals surface area (Å²) in [6.45, 7) is 1.75. The molecule has 0 aliphatic heterocycles. The molecule has 28 heavy (non-hydrogen) atoms. The summed E-state index contributed by atoms with van der Waals surface area (Å²) in [5.74, 6) is -0.763. The predicted molar refractivity (Wildman–Crippen MR) is 115 cm³/mol. The van der Waals surface area contributed by atoms with Crippen molar-refractivity contribution in [2.45, 2.75) is 6.92 Å².